The molecule has 1 fully saturated rings. The number of hydrogen-bond donors (Lipinski definition) is 1. The highest BCUT2D eigenvalue weighted by Crippen LogP contribution is 2.22. The van der Waals surface area contributed by atoms with Gasteiger partial charge in [-0.25, -0.2) is 9.59 Å². The summed E-state index contributed by atoms with van der Waals surface area (Å²) in [6.45, 7) is 2.87. The van der Waals surface area contributed by atoms with Crippen molar-refractivity contribution in [2.75, 3.05) is 13.2 Å². The molecule has 1 unspecified atom stereocenters. The van der Waals surface area contributed by atoms with Crippen molar-refractivity contribution >= 4 is 12.0 Å². The summed E-state index contributed by atoms with van der Waals surface area (Å²) in [6.07, 6.45) is -4.16. The van der Waals surface area contributed by atoms with Crippen molar-refractivity contribution in [3.63, 3.8) is 0 Å². The molecule has 0 aromatic carbocycles. The molecule has 0 bridgehead atoms. The van der Waals surface area contributed by atoms with E-state index >= 15 is 0 Å². The lowest BCUT2D eigenvalue weighted by Crippen LogP contribution is -2.44. The summed E-state index contributed by atoms with van der Waals surface area (Å²) in [6, 6.07) is -1.38. The lowest BCUT2D eigenvalue weighted by Gasteiger charge is -2.23. The molecule has 1 aliphatic heterocycles. The second kappa shape index (κ2) is 4.60. The van der Waals surface area contributed by atoms with Gasteiger partial charge in [-0.1, -0.05) is 0 Å². The third-order valence-electron chi connectivity index (χ3n) is 1.88. The Balaban J connectivity index is 2.64. The van der Waals surface area contributed by atoms with Crippen molar-refractivity contribution in [2.24, 2.45) is 0 Å². The van der Waals surface area contributed by atoms with Gasteiger partial charge < -0.3 is 10.1 Å². The quantitative estimate of drug-likeness (QED) is 0.724. The summed E-state index contributed by atoms with van der Waals surface area (Å²) in [7, 11) is 0. The maximum atomic E-state index is 13.1. The van der Waals surface area contributed by atoms with Crippen LogP contribution >= 0.6 is 0 Å². The first-order chi connectivity index (χ1) is 7.38. The van der Waals surface area contributed by atoms with Crippen LogP contribution in [0.4, 0.5) is 13.6 Å². The van der Waals surface area contributed by atoms with E-state index in [2.05, 4.69) is 14.9 Å². The van der Waals surface area contributed by atoms with Crippen LogP contribution in [0.2, 0.25) is 0 Å². The molecule has 92 valence electrons. The Hall–Kier alpha value is -1.44. The number of hydrogen-bond acceptors (Lipinski definition) is 4. The van der Waals surface area contributed by atoms with Crippen molar-refractivity contribution in [3.8, 4) is 0 Å². The van der Waals surface area contributed by atoms with Gasteiger partial charge in [0.1, 0.15) is 0 Å². The number of urea groups is 1. The number of esters is 1. The van der Waals surface area contributed by atoms with Gasteiger partial charge in [-0.2, -0.15) is 18.7 Å². The molecule has 6 nitrogen and oxygen atoms in total. The smallest absolute Gasteiger partial charge is 0.460 e. The van der Waals surface area contributed by atoms with Gasteiger partial charge in [0.05, 0.1) is 12.6 Å². The number of hydroxylamine groups is 2. The third-order valence-corrected chi connectivity index (χ3v) is 1.88. The first-order valence-electron chi connectivity index (χ1n) is 4.69. The fourth-order valence-electron chi connectivity index (χ4n) is 1.10. The lowest BCUT2D eigenvalue weighted by molar-refractivity contribution is -0.327. The van der Waals surface area contributed by atoms with Crippen LogP contribution in [0.3, 0.4) is 0 Å². The molecule has 1 atom stereocenters. The molecule has 1 saturated heterocycles. The topological polar surface area (TPSA) is 67.9 Å². The summed E-state index contributed by atoms with van der Waals surface area (Å²) in [5, 5.41) is 2.72. The Labute approximate surface area is 90.4 Å². The number of ether oxygens (including phenoxy) is 1. The molecule has 0 aliphatic carbocycles. The van der Waals surface area contributed by atoms with Crippen molar-refractivity contribution in [2.45, 2.75) is 26.0 Å². The van der Waals surface area contributed by atoms with Gasteiger partial charge in [0.25, 0.3) is 0 Å². The van der Waals surface area contributed by atoms with Crippen LogP contribution in [0, 0.1) is 0 Å². The molecule has 0 radical (unpaired) electrons. The molecular weight excluding hydrogens is 226 g/mol. The SMILES string of the molecule is CCOC(=O)C(F)(F)ON1C(=O)NCC1C. The van der Waals surface area contributed by atoms with Crippen LogP contribution in [0.15, 0.2) is 0 Å². The van der Waals surface area contributed by atoms with Crippen LogP contribution in [0.1, 0.15) is 13.8 Å². The standard InChI is InChI=1S/C8H12F2N2O4/c1-3-15-6(13)8(9,10)16-12-5(2)4-11-7(12)14/h5H,3-4H2,1-2H3,(H,11,14). The molecule has 1 aliphatic rings. The second-order valence-electron chi connectivity index (χ2n) is 3.19. The van der Waals surface area contributed by atoms with E-state index in [1.165, 1.54) is 13.8 Å². The van der Waals surface area contributed by atoms with E-state index in [1.807, 2.05) is 0 Å². The monoisotopic (exact) mass is 238 g/mol. The fraction of sp³-hybridized carbons (Fsp3) is 0.750. The van der Waals surface area contributed by atoms with Crippen LogP contribution < -0.4 is 5.32 Å². The van der Waals surface area contributed by atoms with Gasteiger partial charge in [-0.05, 0) is 13.8 Å². The van der Waals surface area contributed by atoms with Gasteiger partial charge >= 0.3 is 18.1 Å². The Morgan fingerprint density at radius 2 is 2.31 bits per heavy atom. The summed E-state index contributed by atoms with van der Waals surface area (Å²) < 4.78 is 30.3. The molecule has 1 heterocycles. The zero-order valence-electron chi connectivity index (χ0n) is 8.83. The highest BCUT2D eigenvalue weighted by atomic mass is 19.3. The number of nitrogens with one attached hydrogen (secondary N) is 1. The molecule has 0 aromatic heterocycles. The number of rotatable bonds is 4. The first-order valence-corrected chi connectivity index (χ1v) is 4.69. The van der Waals surface area contributed by atoms with Crippen molar-refractivity contribution in [1.29, 1.82) is 0 Å². The average Bonchev–Trinajstić information content (AvgIpc) is 2.49. The Kier molecular flexibility index (Phi) is 3.63. The largest absolute Gasteiger partial charge is 0.477 e. The number of amides is 2. The minimum absolute atomic E-state index is 0.178. The number of halogens is 2. The normalized spacial score (nSPS) is 20.9. The van der Waals surface area contributed by atoms with E-state index in [-0.39, 0.29) is 13.2 Å². The van der Waals surface area contributed by atoms with Crippen LogP contribution in [0.5, 0.6) is 0 Å². The highest BCUT2D eigenvalue weighted by molar-refractivity contribution is 5.78. The predicted octanol–water partition coefficient (Wildman–Crippen LogP) is 0.488. The van der Waals surface area contributed by atoms with Gasteiger partial charge in [0.2, 0.25) is 0 Å². The maximum absolute atomic E-state index is 13.1. The average molecular weight is 238 g/mol. The Morgan fingerprint density at radius 3 is 2.75 bits per heavy atom. The molecule has 1 rings (SSSR count). The van der Waals surface area contributed by atoms with E-state index in [4.69, 9.17) is 0 Å². The molecule has 2 amide bonds. The van der Waals surface area contributed by atoms with E-state index in [9.17, 15) is 18.4 Å². The minimum Gasteiger partial charge on any atom is -0.460 e. The van der Waals surface area contributed by atoms with E-state index in [0.717, 1.165) is 0 Å². The molecule has 0 spiro atoms. The van der Waals surface area contributed by atoms with E-state index < -0.39 is 24.2 Å². The van der Waals surface area contributed by atoms with E-state index in [1.54, 1.807) is 0 Å². The molecule has 8 heteroatoms. The third kappa shape index (κ3) is 2.57. The summed E-state index contributed by atoms with van der Waals surface area (Å²) in [5.74, 6) is -1.82. The second-order valence-corrected chi connectivity index (χ2v) is 3.19. The van der Waals surface area contributed by atoms with Gasteiger partial charge in [-0.15, -0.1) is 0 Å². The predicted molar refractivity (Wildman–Crippen MR) is 47.4 cm³/mol. The zero-order chi connectivity index (χ0) is 12.3. The zero-order valence-corrected chi connectivity index (χ0v) is 8.83. The van der Waals surface area contributed by atoms with Gasteiger partial charge in [0.15, 0.2) is 0 Å². The number of alkyl halides is 2. The molecular formula is C8H12F2N2O4. The Bertz CT molecular complexity index is 298. The van der Waals surface area contributed by atoms with Crippen molar-refractivity contribution < 1.29 is 27.9 Å². The van der Waals surface area contributed by atoms with Crippen LogP contribution in [-0.2, 0) is 14.4 Å². The maximum Gasteiger partial charge on any atom is 0.477 e. The van der Waals surface area contributed by atoms with E-state index in [0.29, 0.717) is 5.06 Å². The summed E-state index contributed by atoms with van der Waals surface area (Å²) in [4.78, 5) is 25.9. The number of carbonyl (C=O) groups is 2. The number of carbonyl (C=O) groups excluding carboxylic acids is 2. The van der Waals surface area contributed by atoms with Crippen molar-refractivity contribution in [1.82, 2.24) is 10.4 Å². The highest BCUT2D eigenvalue weighted by Gasteiger charge is 2.48. The van der Waals surface area contributed by atoms with Crippen molar-refractivity contribution in [3.05, 3.63) is 0 Å². The molecule has 16 heavy (non-hydrogen) atoms. The Morgan fingerprint density at radius 1 is 1.69 bits per heavy atom. The van der Waals surface area contributed by atoms with Gasteiger partial charge in [0, 0.05) is 6.54 Å². The lowest BCUT2D eigenvalue weighted by atomic mass is 10.4. The fourth-order valence-corrected chi connectivity index (χ4v) is 1.10. The first kappa shape index (κ1) is 12.6. The van der Waals surface area contributed by atoms with Gasteiger partial charge in [-0.3, -0.25) is 0 Å². The molecule has 0 saturated carbocycles. The van der Waals surface area contributed by atoms with Crippen LogP contribution in [-0.4, -0.2) is 42.4 Å². The molecule has 0 aromatic rings. The number of nitrogens with zero attached hydrogens (tertiary/aromatic N) is 1. The van der Waals surface area contributed by atoms with Crippen LogP contribution in [0.25, 0.3) is 0 Å². The summed E-state index contributed by atoms with van der Waals surface area (Å²) >= 11 is 0. The minimum atomic E-state index is -4.16. The molecule has 1 N–H and O–H groups in total. The summed E-state index contributed by atoms with van der Waals surface area (Å²) in [5.41, 5.74) is 0.